The molecular formula is C13H15N3S. The molecule has 88 valence electrons. The van der Waals surface area contributed by atoms with Crippen molar-refractivity contribution in [1.82, 2.24) is 15.2 Å². The summed E-state index contributed by atoms with van der Waals surface area (Å²) in [6, 6.07) is 0. The molecule has 2 aliphatic carbocycles. The van der Waals surface area contributed by atoms with E-state index in [9.17, 15) is 0 Å². The minimum absolute atomic E-state index is 0.659. The number of fused-ring (bicyclic) bond motifs is 1. The van der Waals surface area contributed by atoms with E-state index < -0.39 is 0 Å². The third kappa shape index (κ3) is 1.62. The van der Waals surface area contributed by atoms with Crippen molar-refractivity contribution in [3.05, 3.63) is 22.3 Å². The molecule has 0 atom stereocenters. The fourth-order valence-electron chi connectivity index (χ4n) is 2.62. The number of hydrogen-bond donors (Lipinski definition) is 1. The summed E-state index contributed by atoms with van der Waals surface area (Å²) in [4.78, 5) is 5.97. The summed E-state index contributed by atoms with van der Waals surface area (Å²) < 4.78 is 0. The van der Waals surface area contributed by atoms with Gasteiger partial charge in [-0.15, -0.1) is 11.3 Å². The van der Waals surface area contributed by atoms with E-state index in [1.165, 1.54) is 54.5 Å². The van der Waals surface area contributed by atoms with Crippen LogP contribution in [0.15, 0.2) is 5.38 Å². The van der Waals surface area contributed by atoms with Gasteiger partial charge in [0.2, 0.25) is 0 Å². The van der Waals surface area contributed by atoms with Gasteiger partial charge in [-0.1, -0.05) is 0 Å². The summed E-state index contributed by atoms with van der Waals surface area (Å²) in [6.07, 6.45) is 7.66. The first-order valence-corrected chi connectivity index (χ1v) is 7.31. The molecule has 0 unspecified atom stereocenters. The predicted octanol–water partition coefficient (Wildman–Crippen LogP) is 3.29. The van der Waals surface area contributed by atoms with Crippen LogP contribution in [0.2, 0.25) is 0 Å². The lowest BCUT2D eigenvalue weighted by Gasteiger charge is -2.11. The maximum atomic E-state index is 4.67. The Balaban J connectivity index is 1.74. The molecule has 0 aromatic carbocycles. The molecule has 0 amide bonds. The van der Waals surface area contributed by atoms with Crippen molar-refractivity contribution in [2.45, 2.75) is 44.4 Å². The highest BCUT2D eigenvalue weighted by Gasteiger charge is 2.28. The summed E-state index contributed by atoms with van der Waals surface area (Å²) in [7, 11) is 0. The monoisotopic (exact) mass is 245 g/mol. The zero-order valence-electron chi connectivity index (χ0n) is 9.70. The van der Waals surface area contributed by atoms with Crippen molar-refractivity contribution >= 4 is 11.3 Å². The van der Waals surface area contributed by atoms with Crippen LogP contribution in [-0.4, -0.2) is 15.2 Å². The minimum Gasteiger partial charge on any atom is -0.262 e. The first kappa shape index (κ1) is 9.83. The number of aromatic amines is 1. The number of H-pyrrole nitrogens is 1. The van der Waals surface area contributed by atoms with E-state index in [1.54, 1.807) is 0 Å². The zero-order valence-corrected chi connectivity index (χ0v) is 10.5. The van der Waals surface area contributed by atoms with E-state index in [0.29, 0.717) is 5.92 Å². The molecule has 4 rings (SSSR count). The maximum Gasteiger partial charge on any atom is 0.191 e. The van der Waals surface area contributed by atoms with Crippen LogP contribution in [0.1, 0.15) is 48.6 Å². The fraction of sp³-hybridized carbons (Fsp3) is 0.538. The van der Waals surface area contributed by atoms with Crippen molar-refractivity contribution in [2.24, 2.45) is 0 Å². The molecule has 2 heterocycles. The molecule has 0 saturated heterocycles. The Morgan fingerprint density at radius 1 is 1.24 bits per heavy atom. The van der Waals surface area contributed by atoms with Gasteiger partial charge in [0.1, 0.15) is 5.82 Å². The SMILES string of the molecule is c1sc(-c2n[nH]c(C3CC3)n2)c2c1CCCC2. The van der Waals surface area contributed by atoms with Crippen molar-refractivity contribution in [1.29, 1.82) is 0 Å². The third-order valence-electron chi connectivity index (χ3n) is 3.77. The number of nitrogens with zero attached hydrogens (tertiary/aromatic N) is 2. The number of hydrogen-bond acceptors (Lipinski definition) is 3. The van der Waals surface area contributed by atoms with E-state index in [-0.39, 0.29) is 0 Å². The van der Waals surface area contributed by atoms with Gasteiger partial charge in [-0.3, -0.25) is 5.10 Å². The van der Waals surface area contributed by atoms with Gasteiger partial charge in [0.25, 0.3) is 0 Å². The average Bonchev–Trinajstić information content (AvgIpc) is 2.95. The molecule has 17 heavy (non-hydrogen) atoms. The van der Waals surface area contributed by atoms with Crippen molar-refractivity contribution in [3.8, 4) is 10.7 Å². The Labute approximate surface area is 104 Å². The summed E-state index contributed by atoms with van der Waals surface area (Å²) in [5.41, 5.74) is 3.05. The average molecular weight is 245 g/mol. The van der Waals surface area contributed by atoms with Crippen LogP contribution < -0.4 is 0 Å². The lowest BCUT2D eigenvalue weighted by Crippen LogP contribution is -2.00. The van der Waals surface area contributed by atoms with Crippen molar-refractivity contribution in [3.63, 3.8) is 0 Å². The van der Waals surface area contributed by atoms with Gasteiger partial charge in [-0.25, -0.2) is 4.98 Å². The minimum atomic E-state index is 0.659. The zero-order chi connectivity index (χ0) is 11.2. The largest absolute Gasteiger partial charge is 0.262 e. The van der Waals surface area contributed by atoms with E-state index in [0.717, 1.165) is 11.6 Å². The topological polar surface area (TPSA) is 41.6 Å². The van der Waals surface area contributed by atoms with E-state index in [4.69, 9.17) is 0 Å². The van der Waals surface area contributed by atoms with Crippen LogP contribution >= 0.6 is 11.3 Å². The highest BCUT2D eigenvalue weighted by molar-refractivity contribution is 7.13. The summed E-state index contributed by atoms with van der Waals surface area (Å²) >= 11 is 1.82. The lowest BCUT2D eigenvalue weighted by molar-refractivity contribution is 0.690. The highest BCUT2D eigenvalue weighted by atomic mass is 32.1. The first-order chi connectivity index (χ1) is 8.42. The molecular weight excluding hydrogens is 230 g/mol. The number of rotatable bonds is 2. The molecule has 0 aliphatic heterocycles. The van der Waals surface area contributed by atoms with Crippen LogP contribution in [0, 0.1) is 0 Å². The molecule has 3 nitrogen and oxygen atoms in total. The Hall–Kier alpha value is -1.16. The number of nitrogens with one attached hydrogen (secondary N) is 1. The number of thiophene rings is 1. The first-order valence-electron chi connectivity index (χ1n) is 6.44. The van der Waals surface area contributed by atoms with Gasteiger partial charge in [-0.2, -0.15) is 5.10 Å². The standard InChI is InChI=1S/C13H15N3S/c1-2-4-10-9(3-1)7-17-11(10)13-14-12(15-16-13)8-5-6-8/h7-8H,1-6H2,(H,14,15,16). The van der Waals surface area contributed by atoms with Gasteiger partial charge in [0, 0.05) is 5.92 Å². The Bertz CT molecular complexity index is 551. The Morgan fingerprint density at radius 3 is 3.00 bits per heavy atom. The molecule has 4 heteroatoms. The second-order valence-electron chi connectivity index (χ2n) is 5.09. The van der Waals surface area contributed by atoms with Crippen LogP contribution in [0.5, 0.6) is 0 Å². The number of aromatic nitrogens is 3. The van der Waals surface area contributed by atoms with Crippen LogP contribution in [0.25, 0.3) is 10.7 Å². The Kier molecular flexibility index (Phi) is 2.12. The van der Waals surface area contributed by atoms with E-state index in [1.807, 2.05) is 11.3 Å². The molecule has 1 N–H and O–H groups in total. The summed E-state index contributed by atoms with van der Waals surface area (Å²) in [6.45, 7) is 0. The molecule has 0 bridgehead atoms. The van der Waals surface area contributed by atoms with Gasteiger partial charge in [0.05, 0.1) is 4.88 Å². The van der Waals surface area contributed by atoms with Crippen LogP contribution in [-0.2, 0) is 12.8 Å². The normalized spacial score (nSPS) is 19.3. The maximum absolute atomic E-state index is 4.67. The molecule has 2 aromatic heterocycles. The van der Waals surface area contributed by atoms with E-state index >= 15 is 0 Å². The van der Waals surface area contributed by atoms with E-state index in [2.05, 4.69) is 20.6 Å². The third-order valence-corrected chi connectivity index (χ3v) is 4.84. The lowest BCUT2D eigenvalue weighted by atomic mass is 9.94. The van der Waals surface area contributed by atoms with Crippen molar-refractivity contribution < 1.29 is 0 Å². The van der Waals surface area contributed by atoms with Gasteiger partial charge in [0.15, 0.2) is 5.82 Å². The van der Waals surface area contributed by atoms with Crippen LogP contribution in [0.3, 0.4) is 0 Å². The van der Waals surface area contributed by atoms with Gasteiger partial charge >= 0.3 is 0 Å². The van der Waals surface area contributed by atoms with Crippen LogP contribution in [0.4, 0.5) is 0 Å². The molecule has 0 radical (unpaired) electrons. The highest BCUT2D eigenvalue weighted by Crippen LogP contribution is 2.40. The molecule has 0 spiro atoms. The van der Waals surface area contributed by atoms with Gasteiger partial charge < -0.3 is 0 Å². The van der Waals surface area contributed by atoms with Crippen molar-refractivity contribution in [2.75, 3.05) is 0 Å². The smallest absolute Gasteiger partial charge is 0.191 e. The molecule has 2 aliphatic rings. The number of aryl methyl sites for hydroxylation is 1. The predicted molar refractivity (Wildman–Crippen MR) is 68.3 cm³/mol. The molecule has 1 fully saturated rings. The summed E-state index contributed by atoms with van der Waals surface area (Å²) in [5.74, 6) is 2.69. The van der Waals surface area contributed by atoms with Gasteiger partial charge in [-0.05, 0) is 55.0 Å². The second kappa shape index (κ2) is 3.67. The molecule has 2 aromatic rings. The fourth-order valence-corrected chi connectivity index (χ4v) is 3.71. The quantitative estimate of drug-likeness (QED) is 0.882. The Morgan fingerprint density at radius 2 is 2.12 bits per heavy atom. The second-order valence-corrected chi connectivity index (χ2v) is 5.97. The molecule has 1 saturated carbocycles. The summed E-state index contributed by atoms with van der Waals surface area (Å²) in [5, 5.41) is 9.81.